The Morgan fingerprint density at radius 3 is 1.97 bits per heavy atom. The van der Waals surface area contributed by atoms with Gasteiger partial charge in [0.2, 0.25) is 5.95 Å². The van der Waals surface area contributed by atoms with Gasteiger partial charge in [-0.1, -0.05) is 27.7 Å². The summed E-state index contributed by atoms with van der Waals surface area (Å²) in [5, 5.41) is 0.714. The number of aromatic nitrogens is 2. The van der Waals surface area contributed by atoms with Crippen molar-refractivity contribution in [2.45, 2.75) is 46.5 Å². The van der Waals surface area contributed by atoms with Gasteiger partial charge in [-0.05, 0) is 53.6 Å². The van der Waals surface area contributed by atoms with Gasteiger partial charge in [-0.25, -0.2) is 4.98 Å². The van der Waals surface area contributed by atoms with Crippen LogP contribution in [0.3, 0.4) is 0 Å². The minimum Gasteiger partial charge on any atom is -0.493 e. The SMILES string of the molecule is COc1cc2nc(N3CCN(C(=O)c4cc(C(C)C)c(C)c(C(C)C)c4)CC3)nc(N)c2cc1OC. The zero-order chi connectivity index (χ0) is 26.1. The molecule has 192 valence electrons. The molecule has 0 bridgehead atoms. The number of methoxy groups -OCH3 is 2. The molecule has 3 aromatic rings. The third-order valence-corrected chi connectivity index (χ3v) is 7.05. The fraction of sp³-hybridized carbons (Fsp3) is 0.464. The molecule has 8 nitrogen and oxygen atoms in total. The zero-order valence-corrected chi connectivity index (χ0v) is 22.4. The highest BCUT2D eigenvalue weighted by Gasteiger charge is 2.26. The molecule has 36 heavy (non-hydrogen) atoms. The Hall–Kier alpha value is -3.55. The smallest absolute Gasteiger partial charge is 0.253 e. The Balaban J connectivity index is 1.55. The van der Waals surface area contributed by atoms with Crippen molar-refractivity contribution in [1.29, 1.82) is 0 Å². The molecule has 1 aliphatic rings. The summed E-state index contributed by atoms with van der Waals surface area (Å²) in [7, 11) is 3.17. The van der Waals surface area contributed by atoms with E-state index in [1.807, 2.05) is 11.0 Å². The number of carbonyl (C=O) groups excluding carboxylic acids is 1. The van der Waals surface area contributed by atoms with Gasteiger partial charge in [0.25, 0.3) is 5.91 Å². The van der Waals surface area contributed by atoms with Crippen LogP contribution in [0.4, 0.5) is 11.8 Å². The quantitative estimate of drug-likeness (QED) is 0.532. The topological polar surface area (TPSA) is 93.8 Å². The summed E-state index contributed by atoms with van der Waals surface area (Å²) in [5.41, 5.74) is 11.5. The number of nitrogens with two attached hydrogens (primary N) is 1. The van der Waals surface area contributed by atoms with Crippen LogP contribution in [0.1, 0.15) is 66.6 Å². The molecule has 2 heterocycles. The molecule has 8 heteroatoms. The monoisotopic (exact) mass is 491 g/mol. The van der Waals surface area contributed by atoms with Gasteiger partial charge in [0, 0.05) is 43.2 Å². The second kappa shape index (κ2) is 10.2. The van der Waals surface area contributed by atoms with Crippen LogP contribution in [-0.2, 0) is 0 Å². The van der Waals surface area contributed by atoms with E-state index in [9.17, 15) is 4.79 Å². The standard InChI is InChI=1S/C28H37N5O3/c1-16(2)20-12-19(13-21(17(3)4)18(20)5)27(34)32-8-10-33(11-9-32)28-30-23-15-25(36-7)24(35-6)14-22(23)26(29)31-28/h12-17H,8-11H2,1-7H3,(H2,29,30,31). The number of hydrogen-bond donors (Lipinski definition) is 1. The van der Waals surface area contributed by atoms with Crippen LogP contribution in [0.2, 0.25) is 0 Å². The van der Waals surface area contributed by atoms with Crippen molar-refractivity contribution < 1.29 is 14.3 Å². The predicted molar refractivity (Wildman–Crippen MR) is 145 cm³/mol. The van der Waals surface area contributed by atoms with E-state index in [4.69, 9.17) is 20.2 Å². The highest BCUT2D eigenvalue weighted by atomic mass is 16.5. The van der Waals surface area contributed by atoms with E-state index in [-0.39, 0.29) is 5.91 Å². The molecule has 0 spiro atoms. The number of anilines is 2. The lowest BCUT2D eigenvalue weighted by Crippen LogP contribution is -2.49. The van der Waals surface area contributed by atoms with Gasteiger partial charge >= 0.3 is 0 Å². The summed E-state index contributed by atoms with van der Waals surface area (Å²) in [6.45, 7) is 13.3. The van der Waals surface area contributed by atoms with Gasteiger partial charge in [-0.3, -0.25) is 4.79 Å². The summed E-state index contributed by atoms with van der Waals surface area (Å²) in [6.07, 6.45) is 0. The van der Waals surface area contributed by atoms with Crippen LogP contribution in [-0.4, -0.2) is 61.2 Å². The zero-order valence-electron chi connectivity index (χ0n) is 22.4. The van der Waals surface area contributed by atoms with Crippen LogP contribution in [0.25, 0.3) is 10.9 Å². The van der Waals surface area contributed by atoms with E-state index in [1.165, 1.54) is 16.7 Å². The Kier molecular flexibility index (Phi) is 7.24. The molecule has 1 amide bonds. The summed E-state index contributed by atoms with van der Waals surface area (Å²) in [5.74, 6) is 2.91. The first-order valence-electron chi connectivity index (χ1n) is 12.5. The van der Waals surface area contributed by atoms with Crippen molar-refractivity contribution in [2.24, 2.45) is 0 Å². The second-order valence-electron chi connectivity index (χ2n) is 10.0. The molecule has 1 aliphatic heterocycles. The van der Waals surface area contributed by atoms with E-state index in [0.717, 1.165) is 5.56 Å². The lowest BCUT2D eigenvalue weighted by molar-refractivity contribution is 0.0746. The van der Waals surface area contributed by atoms with Gasteiger partial charge in [-0.15, -0.1) is 0 Å². The van der Waals surface area contributed by atoms with E-state index in [1.54, 1.807) is 20.3 Å². The maximum absolute atomic E-state index is 13.5. The number of fused-ring (bicyclic) bond motifs is 1. The van der Waals surface area contributed by atoms with Crippen LogP contribution >= 0.6 is 0 Å². The number of piperazine rings is 1. The minimum atomic E-state index is 0.0780. The number of amides is 1. The molecule has 1 aromatic heterocycles. The van der Waals surface area contributed by atoms with Gasteiger partial charge < -0.3 is 25.0 Å². The van der Waals surface area contributed by atoms with Gasteiger partial charge in [0.05, 0.1) is 19.7 Å². The van der Waals surface area contributed by atoms with Crippen molar-refractivity contribution in [3.8, 4) is 11.5 Å². The Bertz CT molecular complexity index is 1250. The van der Waals surface area contributed by atoms with Crippen molar-refractivity contribution in [3.05, 3.63) is 46.5 Å². The van der Waals surface area contributed by atoms with Crippen LogP contribution < -0.4 is 20.1 Å². The maximum atomic E-state index is 13.5. The first-order chi connectivity index (χ1) is 17.1. The van der Waals surface area contributed by atoms with E-state index < -0.39 is 0 Å². The van der Waals surface area contributed by atoms with Crippen molar-refractivity contribution in [1.82, 2.24) is 14.9 Å². The molecule has 0 aliphatic carbocycles. The fourth-order valence-corrected chi connectivity index (χ4v) is 4.98. The molecular weight excluding hydrogens is 454 g/mol. The molecule has 0 radical (unpaired) electrons. The first kappa shape index (κ1) is 25.5. The largest absolute Gasteiger partial charge is 0.493 e. The molecule has 2 aromatic carbocycles. The normalized spacial score (nSPS) is 14.1. The van der Waals surface area contributed by atoms with E-state index in [2.05, 4.69) is 56.6 Å². The lowest BCUT2D eigenvalue weighted by atomic mass is 9.87. The Morgan fingerprint density at radius 1 is 0.889 bits per heavy atom. The van der Waals surface area contributed by atoms with Gasteiger partial charge in [0.15, 0.2) is 11.5 Å². The average molecular weight is 492 g/mol. The average Bonchev–Trinajstić information content (AvgIpc) is 2.87. The predicted octanol–water partition coefficient (Wildman–Crippen LogP) is 4.75. The number of ether oxygens (including phenoxy) is 2. The summed E-state index contributed by atoms with van der Waals surface area (Å²) in [4.78, 5) is 26.8. The number of carbonyl (C=O) groups is 1. The second-order valence-corrected chi connectivity index (χ2v) is 10.0. The minimum absolute atomic E-state index is 0.0780. The molecule has 0 atom stereocenters. The van der Waals surface area contributed by atoms with Crippen LogP contribution in [0.5, 0.6) is 11.5 Å². The van der Waals surface area contributed by atoms with Crippen molar-refractivity contribution in [2.75, 3.05) is 51.0 Å². The number of nitrogen functional groups attached to an aromatic ring is 1. The number of hydrogen-bond acceptors (Lipinski definition) is 7. The molecule has 1 fully saturated rings. The van der Waals surface area contributed by atoms with Crippen LogP contribution in [0.15, 0.2) is 24.3 Å². The Labute approximate surface area is 213 Å². The molecule has 2 N–H and O–H groups in total. The van der Waals surface area contributed by atoms with Crippen molar-refractivity contribution >= 4 is 28.6 Å². The number of benzene rings is 2. The molecular formula is C28H37N5O3. The van der Waals surface area contributed by atoms with Gasteiger partial charge in [0.1, 0.15) is 5.82 Å². The van der Waals surface area contributed by atoms with E-state index in [0.29, 0.717) is 72.2 Å². The molecule has 0 unspecified atom stereocenters. The first-order valence-corrected chi connectivity index (χ1v) is 12.5. The molecule has 0 saturated carbocycles. The summed E-state index contributed by atoms with van der Waals surface area (Å²) >= 11 is 0. The summed E-state index contributed by atoms with van der Waals surface area (Å²) in [6, 6.07) is 7.76. The molecule has 1 saturated heterocycles. The highest BCUT2D eigenvalue weighted by Crippen LogP contribution is 2.34. The third-order valence-electron chi connectivity index (χ3n) is 7.05. The number of nitrogens with zero attached hydrogens (tertiary/aromatic N) is 4. The van der Waals surface area contributed by atoms with Crippen LogP contribution in [0, 0.1) is 6.92 Å². The third kappa shape index (κ3) is 4.76. The Morgan fingerprint density at radius 2 is 1.44 bits per heavy atom. The van der Waals surface area contributed by atoms with E-state index >= 15 is 0 Å². The van der Waals surface area contributed by atoms with Crippen molar-refractivity contribution in [3.63, 3.8) is 0 Å². The number of rotatable bonds is 6. The molecule has 4 rings (SSSR count). The summed E-state index contributed by atoms with van der Waals surface area (Å²) < 4.78 is 10.8. The highest BCUT2D eigenvalue weighted by molar-refractivity contribution is 5.95. The lowest BCUT2D eigenvalue weighted by Gasteiger charge is -2.35. The maximum Gasteiger partial charge on any atom is 0.253 e. The fourth-order valence-electron chi connectivity index (χ4n) is 4.98. The van der Waals surface area contributed by atoms with Gasteiger partial charge in [-0.2, -0.15) is 4.98 Å².